The summed E-state index contributed by atoms with van der Waals surface area (Å²) in [6, 6.07) is 6.32. The molecule has 0 aromatic heterocycles. The molecule has 16 heavy (non-hydrogen) atoms. The first kappa shape index (κ1) is 16.0. The van der Waals surface area contributed by atoms with E-state index in [9.17, 15) is 13.2 Å². The average Bonchev–Trinajstić information content (AvgIpc) is 1.99. The molecule has 1 rings (SSSR count). The molecule has 0 aliphatic heterocycles. The van der Waals surface area contributed by atoms with Crippen molar-refractivity contribution in [1.29, 1.82) is 0 Å². The molecule has 0 aliphatic carbocycles. The van der Waals surface area contributed by atoms with Crippen LogP contribution in [0.25, 0.3) is 0 Å². The van der Waals surface area contributed by atoms with E-state index in [1.165, 1.54) is 12.1 Å². The Morgan fingerprint density at radius 3 is 2.12 bits per heavy atom. The van der Waals surface area contributed by atoms with Gasteiger partial charge in [0.05, 0.1) is 0 Å². The Bertz CT molecular complexity index is 347. The fourth-order valence-electron chi connectivity index (χ4n) is 1.16. The predicted molar refractivity (Wildman–Crippen MR) is 67.2 cm³/mol. The Morgan fingerprint density at radius 2 is 1.69 bits per heavy atom. The van der Waals surface area contributed by atoms with Gasteiger partial charge in [0.2, 0.25) is 0 Å². The van der Waals surface area contributed by atoms with Gasteiger partial charge in [-0.15, -0.1) is 0 Å². The van der Waals surface area contributed by atoms with E-state index in [0.29, 0.717) is 0 Å². The van der Waals surface area contributed by atoms with Gasteiger partial charge in [-0.1, -0.05) is 0 Å². The van der Waals surface area contributed by atoms with E-state index in [1.54, 1.807) is 6.07 Å². The second-order valence-electron chi connectivity index (χ2n) is 4.33. The van der Waals surface area contributed by atoms with Crippen LogP contribution in [0.4, 0.5) is 13.2 Å². The quantitative estimate of drug-likeness (QED) is 0.582. The predicted octanol–water partition coefficient (Wildman–Crippen LogP) is 3.19. The number of alkyl halides is 3. The third-order valence-electron chi connectivity index (χ3n) is 1.93. The van der Waals surface area contributed by atoms with Gasteiger partial charge in [0.25, 0.3) is 0 Å². The van der Waals surface area contributed by atoms with E-state index in [1.807, 2.05) is 6.07 Å². The molecule has 0 N–H and O–H groups in total. The van der Waals surface area contributed by atoms with Crippen molar-refractivity contribution in [3.05, 3.63) is 24.3 Å². The van der Waals surface area contributed by atoms with Crippen LogP contribution in [0.3, 0.4) is 0 Å². The number of halogens is 3. The Labute approximate surface area is 101 Å². The molecule has 1 nitrogen and oxygen atoms in total. The fourth-order valence-corrected chi connectivity index (χ4v) is 4.50. The number of hydrogen-bond donors (Lipinski definition) is 0. The number of rotatable bonds is 2. The Kier molecular flexibility index (Phi) is 5.60. The van der Waals surface area contributed by atoms with Gasteiger partial charge < -0.3 is 0 Å². The Morgan fingerprint density at radius 1 is 1.12 bits per heavy atom. The molecular weight excluding hydrogens is 343 g/mol. The standard InChI is InChI=1S/C7H4F3O.3CH3.H3P.Sn/c8-7(9,10)11-6-4-2-1-3-5-6;;;;;/h1-2,4-5H;4*1H3;. The molecule has 0 amide bonds. The van der Waals surface area contributed by atoms with Crippen molar-refractivity contribution in [2.45, 2.75) is 21.2 Å². The van der Waals surface area contributed by atoms with E-state index in [0.717, 1.165) is 3.58 Å². The first-order chi connectivity index (χ1) is 6.68. The average molecular weight is 359 g/mol. The summed E-state index contributed by atoms with van der Waals surface area (Å²) < 4.78 is 40.8. The zero-order valence-corrected chi connectivity index (χ0v) is 13.8. The number of hydrogen-bond acceptors (Lipinski definition) is 1. The summed E-state index contributed by atoms with van der Waals surface area (Å²) >= 11 is -2.30. The molecule has 1 aromatic carbocycles. The molecule has 0 fully saturated rings. The SMILES string of the molecule is P.[CH3][Sn]([CH3])([CH3])[c]1cccc(OC(F)(F)F)c1. The molecule has 92 valence electrons. The summed E-state index contributed by atoms with van der Waals surface area (Å²) in [7, 11) is 0. The molecule has 1 aromatic rings. The zero-order valence-electron chi connectivity index (χ0n) is 9.56. The third kappa shape index (κ3) is 5.39. The number of benzene rings is 1. The Hall–Kier alpha value is 0.0387. The van der Waals surface area contributed by atoms with Crippen molar-refractivity contribution >= 4 is 31.9 Å². The van der Waals surface area contributed by atoms with Crippen molar-refractivity contribution in [3.63, 3.8) is 0 Å². The fraction of sp³-hybridized carbons (Fsp3) is 0.400. The first-order valence-corrected chi connectivity index (χ1v) is 14.5. The minimum atomic E-state index is -4.61. The summed E-state index contributed by atoms with van der Waals surface area (Å²) in [5.41, 5.74) is 0. The van der Waals surface area contributed by atoms with Gasteiger partial charge in [0.1, 0.15) is 0 Å². The number of ether oxygens (including phenoxy) is 1. The van der Waals surface area contributed by atoms with E-state index < -0.39 is 24.7 Å². The van der Waals surface area contributed by atoms with E-state index >= 15 is 0 Å². The van der Waals surface area contributed by atoms with E-state index in [4.69, 9.17) is 0 Å². The molecule has 1 unspecified atom stereocenters. The van der Waals surface area contributed by atoms with Gasteiger partial charge in [0, 0.05) is 0 Å². The summed E-state index contributed by atoms with van der Waals surface area (Å²) in [6.07, 6.45) is -4.61. The second kappa shape index (κ2) is 5.58. The van der Waals surface area contributed by atoms with Crippen molar-refractivity contribution in [1.82, 2.24) is 0 Å². The van der Waals surface area contributed by atoms with Crippen LogP contribution in [-0.2, 0) is 0 Å². The van der Waals surface area contributed by atoms with Crippen molar-refractivity contribution in [3.8, 4) is 5.75 Å². The molecule has 6 heteroatoms. The molecule has 0 saturated carbocycles. The topological polar surface area (TPSA) is 9.23 Å². The maximum atomic E-state index is 12.0. The van der Waals surface area contributed by atoms with Crippen LogP contribution in [0.1, 0.15) is 0 Å². The van der Waals surface area contributed by atoms with Crippen molar-refractivity contribution in [2.75, 3.05) is 0 Å². The first-order valence-electron chi connectivity index (χ1n) is 4.55. The van der Waals surface area contributed by atoms with Crippen LogP contribution in [0.15, 0.2) is 24.3 Å². The van der Waals surface area contributed by atoms with Crippen LogP contribution >= 0.6 is 9.90 Å². The van der Waals surface area contributed by atoms with Gasteiger partial charge in [-0.3, -0.25) is 0 Å². The van der Waals surface area contributed by atoms with Crippen LogP contribution in [0.5, 0.6) is 5.75 Å². The molecule has 0 saturated heterocycles. The second-order valence-corrected chi connectivity index (χ2v) is 18.8. The zero-order chi connectivity index (χ0) is 11.7. The van der Waals surface area contributed by atoms with Gasteiger partial charge in [-0.05, 0) is 0 Å². The van der Waals surface area contributed by atoms with Crippen molar-refractivity contribution < 1.29 is 17.9 Å². The van der Waals surface area contributed by atoms with Gasteiger partial charge in [-0.25, -0.2) is 0 Å². The maximum absolute atomic E-state index is 12.0. The summed E-state index contributed by atoms with van der Waals surface area (Å²) in [4.78, 5) is 6.42. The summed E-state index contributed by atoms with van der Waals surface area (Å²) in [5, 5.41) is 0. The van der Waals surface area contributed by atoms with Crippen molar-refractivity contribution in [2.24, 2.45) is 0 Å². The van der Waals surface area contributed by atoms with Gasteiger partial charge >= 0.3 is 91.1 Å². The molecule has 0 heterocycles. The molecule has 0 bridgehead atoms. The molecular formula is C10H16F3OPSn. The van der Waals surface area contributed by atoms with Crippen LogP contribution < -0.4 is 8.32 Å². The summed E-state index contributed by atoms with van der Waals surface area (Å²) in [5.74, 6) is -0.119. The summed E-state index contributed by atoms with van der Waals surface area (Å²) in [6.45, 7) is 0. The van der Waals surface area contributed by atoms with Gasteiger partial charge in [-0.2, -0.15) is 9.90 Å². The van der Waals surface area contributed by atoms with E-state index in [2.05, 4.69) is 19.6 Å². The molecule has 0 aliphatic rings. The molecule has 0 radical (unpaired) electrons. The third-order valence-corrected chi connectivity index (χ3v) is 7.76. The normalized spacial score (nSPS) is 11.9. The van der Waals surface area contributed by atoms with Crippen LogP contribution in [-0.4, -0.2) is 24.7 Å². The minimum absolute atomic E-state index is 0. The molecule has 1 atom stereocenters. The monoisotopic (exact) mass is 360 g/mol. The van der Waals surface area contributed by atoms with Crippen LogP contribution in [0, 0.1) is 0 Å². The Balaban J connectivity index is 0.00000225. The van der Waals surface area contributed by atoms with Crippen LogP contribution in [0.2, 0.25) is 14.8 Å². The van der Waals surface area contributed by atoms with E-state index in [-0.39, 0.29) is 15.6 Å². The van der Waals surface area contributed by atoms with Gasteiger partial charge in [0.15, 0.2) is 0 Å². The molecule has 0 spiro atoms.